The second kappa shape index (κ2) is 6.81. The Kier molecular flexibility index (Phi) is 5.70. The molecule has 0 radical (unpaired) electrons. The monoisotopic (exact) mass is 276 g/mol. The van der Waals surface area contributed by atoms with E-state index < -0.39 is 10.0 Å². The summed E-state index contributed by atoms with van der Waals surface area (Å²) in [5, 5.41) is 6.89. The third-order valence-electron chi connectivity index (χ3n) is 2.44. The van der Waals surface area contributed by atoms with E-state index in [1.165, 1.54) is 10.6 Å². The van der Waals surface area contributed by atoms with Crippen LogP contribution in [0.5, 0.6) is 0 Å². The Morgan fingerprint density at radius 3 is 2.67 bits per heavy atom. The van der Waals surface area contributed by atoms with E-state index in [0.717, 1.165) is 6.42 Å². The molecule has 0 aliphatic carbocycles. The zero-order valence-electron chi connectivity index (χ0n) is 11.0. The van der Waals surface area contributed by atoms with Crippen molar-refractivity contribution in [1.82, 2.24) is 19.8 Å². The second-order valence-corrected chi connectivity index (χ2v) is 6.00. The molecule has 0 aromatic carbocycles. The van der Waals surface area contributed by atoms with Crippen LogP contribution in [0.1, 0.15) is 25.1 Å². The number of nitrogens with zero attached hydrogens (tertiary/aromatic N) is 3. The number of hydrogen-bond acceptors (Lipinski definition) is 6. The summed E-state index contributed by atoms with van der Waals surface area (Å²) in [5.41, 5.74) is 0. The number of hydrogen-bond donors (Lipinski definition) is 1. The van der Waals surface area contributed by atoms with Gasteiger partial charge in [-0.05, 0) is 13.0 Å². The fraction of sp³-hybridized carbons (Fsp3) is 0.800. The van der Waals surface area contributed by atoms with Crippen LogP contribution in [0.15, 0.2) is 4.52 Å². The highest BCUT2D eigenvalue weighted by Crippen LogP contribution is 1.98. The topological polar surface area (TPSA) is 88.3 Å². The van der Waals surface area contributed by atoms with Crippen molar-refractivity contribution in [1.29, 1.82) is 0 Å². The van der Waals surface area contributed by atoms with Gasteiger partial charge in [-0.25, -0.2) is 12.7 Å². The summed E-state index contributed by atoms with van der Waals surface area (Å²) < 4.78 is 28.9. The maximum atomic E-state index is 11.3. The Morgan fingerprint density at radius 1 is 1.44 bits per heavy atom. The Labute approximate surface area is 108 Å². The van der Waals surface area contributed by atoms with E-state index in [0.29, 0.717) is 37.9 Å². The summed E-state index contributed by atoms with van der Waals surface area (Å²) in [7, 11) is -3.09. The molecule has 1 rings (SSSR count). The van der Waals surface area contributed by atoms with Crippen molar-refractivity contribution < 1.29 is 12.9 Å². The standard InChI is InChI=1S/C10H20N4O3S/c1-4-14(18(3,15)16)7-5-6-11-8-10-12-9(2)17-13-10/h11H,4-8H2,1-3H3. The summed E-state index contributed by atoms with van der Waals surface area (Å²) >= 11 is 0. The van der Waals surface area contributed by atoms with Crippen LogP contribution >= 0.6 is 0 Å². The molecular weight excluding hydrogens is 256 g/mol. The first-order chi connectivity index (χ1) is 8.43. The number of aryl methyl sites for hydroxylation is 1. The molecule has 1 N–H and O–H groups in total. The largest absolute Gasteiger partial charge is 0.340 e. The smallest absolute Gasteiger partial charge is 0.223 e. The van der Waals surface area contributed by atoms with Crippen molar-refractivity contribution in [3.05, 3.63) is 11.7 Å². The maximum absolute atomic E-state index is 11.3. The van der Waals surface area contributed by atoms with Crippen LogP contribution in [0.2, 0.25) is 0 Å². The van der Waals surface area contributed by atoms with Gasteiger partial charge in [0.25, 0.3) is 0 Å². The molecule has 0 unspecified atom stereocenters. The number of rotatable bonds is 8. The summed E-state index contributed by atoms with van der Waals surface area (Å²) in [6.45, 7) is 5.83. The second-order valence-electron chi connectivity index (χ2n) is 4.01. The van der Waals surface area contributed by atoms with Crippen LogP contribution in [0, 0.1) is 6.92 Å². The van der Waals surface area contributed by atoms with E-state index in [9.17, 15) is 8.42 Å². The molecule has 1 heterocycles. The highest BCUT2D eigenvalue weighted by molar-refractivity contribution is 7.88. The van der Waals surface area contributed by atoms with Gasteiger partial charge < -0.3 is 9.84 Å². The summed E-state index contributed by atoms with van der Waals surface area (Å²) in [6.07, 6.45) is 1.98. The Morgan fingerprint density at radius 2 is 2.17 bits per heavy atom. The van der Waals surface area contributed by atoms with Crippen molar-refractivity contribution >= 4 is 10.0 Å². The Bertz CT molecular complexity index is 457. The molecule has 0 aliphatic heterocycles. The molecule has 7 nitrogen and oxygen atoms in total. The van der Waals surface area contributed by atoms with Crippen LogP contribution in [0.25, 0.3) is 0 Å². The molecule has 8 heteroatoms. The first-order valence-electron chi connectivity index (χ1n) is 5.88. The maximum Gasteiger partial charge on any atom is 0.223 e. The molecule has 104 valence electrons. The van der Waals surface area contributed by atoms with E-state index >= 15 is 0 Å². The van der Waals surface area contributed by atoms with Crippen molar-refractivity contribution in [3.63, 3.8) is 0 Å². The van der Waals surface area contributed by atoms with Crippen LogP contribution in [0.3, 0.4) is 0 Å². The molecule has 0 fully saturated rings. The average Bonchev–Trinajstić information content (AvgIpc) is 2.67. The van der Waals surface area contributed by atoms with Crippen LogP contribution in [0.4, 0.5) is 0 Å². The van der Waals surface area contributed by atoms with Gasteiger partial charge in [0, 0.05) is 20.0 Å². The van der Waals surface area contributed by atoms with E-state index in [-0.39, 0.29) is 0 Å². The number of nitrogens with one attached hydrogen (secondary N) is 1. The lowest BCUT2D eigenvalue weighted by Gasteiger charge is -2.17. The van der Waals surface area contributed by atoms with Crippen LogP contribution in [-0.2, 0) is 16.6 Å². The van der Waals surface area contributed by atoms with Gasteiger partial charge in [0.15, 0.2) is 5.82 Å². The van der Waals surface area contributed by atoms with E-state index in [4.69, 9.17) is 4.52 Å². The normalized spacial score (nSPS) is 12.2. The zero-order valence-corrected chi connectivity index (χ0v) is 11.8. The van der Waals surface area contributed by atoms with Gasteiger partial charge in [-0.2, -0.15) is 4.98 Å². The lowest BCUT2D eigenvalue weighted by molar-refractivity contribution is 0.384. The Hall–Kier alpha value is -0.990. The first-order valence-corrected chi connectivity index (χ1v) is 7.73. The number of aromatic nitrogens is 2. The lowest BCUT2D eigenvalue weighted by atomic mass is 10.4. The minimum Gasteiger partial charge on any atom is -0.340 e. The minimum atomic E-state index is -3.09. The molecule has 0 spiro atoms. The highest BCUT2D eigenvalue weighted by atomic mass is 32.2. The minimum absolute atomic E-state index is 0.503. The van der Waals surface area contributed by atoms with E-state index in [2.05, 4.69) is 15.5 Å². The zero-order chi connectivity index (χ0) is 13.6. The quantitative estimate of drug-likeness (QED) is 0.679. The van der Waals surface area contributed by atoms with Gasteiger partial charge >= 0.3 is 0 Å². The molecule has 0 atom stereocenters. The molecule has 0 bridgehead atoms. The van der Waals surface area contributed by atoms with Gasteiger partial charge in [-0.3, -0.25) is 0 Å². The fourth-order valence-electron chi connectivity index (χ4n) is 1.55. The van der Waals surface area contributed by atoms with Crippen molar-refractivity contribution in [2.45, 2.75) is 26.8 Å². The SMILES string of the molecule is CCN(CCCNCc1noc(C)n1)S(C)(=O)=O. The summed E-state index contributed by atoms with van der Waals surface area (Å²) in [5.74, 6) is 1.16. The highest BCUT2D eigenvalue weighted by Gasteiger charge is 2.12. The summed E-state index contributed by atoms with van der Waals surface area (Å²) in [6, 6.07) is 0. The first kappa shape index (κ1) is 15.1. The molecule has 0 amide bonds. The van der Waals surface area contributed by atoms with Crippen LogP contribution < -0.4 is 5.32 Å². The van der Waals surface area contributed by atoms with Crippen molar-refractivity contribution in [3.8, 4) is 0 Å². The van der Waals surface area contributed by atoms with Crippen molar-refractivity contribution in [2.24, 2.45) is 0 Å². The van der Waals surface area contributed by atoms with Gasteiger partial charge in [0.1, 0.15) is 0 Å². The third-order valence-corrected chi connectivity index (χ3v) is 3.81. The van der Waals surface area contributed by atoms with E-state index in [1.807, 2.05) is 6.92 Å². The molecular formula is C10H20N4O3S. The molecule has 1 aromatic rings. The Balaban J connectivity index is 2.19. The fourth-order valence-corrected chi connectivity index (χ4v) is 2.48. The van der Waals surface area contributed by atoms with Crippen LogP contribution in [-0.4, -0.2) is 48.8 Å². The lowest BCUT2D eigenvalue weighted by Crippen LogP contribution is -2.32. The average molecular weight is 276 g/mol. The molecule has 0 saturated carbocycles. The predicted molar refractivity (Wildman–Crippen MR) is 67.4 cm³/mol. The predicted octanol–water partition coefficient (Wildman–Crippen LogP) is 0.139. The molecule has 0 saturated heterocycles. The van der Waals surface area contributed by atoms with E-state index in [1.54, 1.807) is 6.92 Å². The molecule has 1 aromatic heterocycles. The summed E-state index contributed by atoms with van der Waals surface area (Å²) in [4.78, 5) is 4.05. The van der Waals surface area contributed by atoms with Gasteiger partial charge in [0.05, 0.1) is 12.8 Å². The molecule has 0 aliphatic rings. The number of sulfonamides is 1. The van der Waals surface area contributed by atoms with Gasteiger partial charge in [0.2, 0.25) is 15.9 Å². The third kappa shape index (κ3) is 5.11. The van der Waals surface area contributed by atoms with Crippen molar-refractivity contribution in [2.75, 3.05) is 25.9 Å². The van der Waals surface area contributed by atoms with Gasteiger partial charge in [-0.15, -0.1) is 0 Å². The van der Waals surface area contributed by atoms with Gasteiger partial charge in [-0.1, -0.05) is 12.1 Å². The molecule has 18 heavy (non-hydrogen) atoms.